The fraction of sp³-hybridized carbons (Fsp3) is 0.692. The van der Waals surface area contributed by atoms with Gasteiger partial charge in [0, 0.05) is 0 Å². The molecule has 0 unspecified atom stereocenters. The molecule has 0 radical (unpaired) electrons. The molecule has 0 aromatic heterocycles. The lowest BCUT2D eigenvalue weighted by Gasteiger charge is -2.18. The Morgan fingerprint density at radius 3 is 2.17 bits per heavy atom. The maximum Gasteiger partial charge on any atom is 0.367 e. The van der Waals surface area contributed by atoms with Gasteiger partial charge in [-0.05, 0) is 38.2 Å². The van der Waals surface area contributed by atoms with Crippen LogP contribution < -0.4 is 0 Å². The largest absolute Gasteiger partial charge is 0.481 e. The third-order valence-electron chi connectivity index (χ3n) is 3.10. The summed E-state index contributed by atoms with van der Waals surface area (Å²) in [6, 6.07) is 0. The number of carbonyl (C=O) groups is 2. The molecular formula is C13H19FO4. The van der Waals surface area contributed by atoms with E-state index in [1.54, 1.807) is 34.6 Å². The first kappa shape index (κ1) is 14.7. The molecule has 0 heterocycles. The Morgan fingerprint density at radius 2 is 1.83 bits per heavy atom. The normalized spacial score (nSPS) is 26.7. The van der Waals surface area contributed by atoms with Gasteiger partial charge in [-0.3, -0.25) is 4.79 Å². The summed E-state index contributed by atoms with van der Waals surface area (Å²) in [6.07, 6.45) is 1.06. The van der Waals surface area contributed by atoms with Crippen LogP contribution in [0.1, 0.15) is 34.6 Å². The van der Waals surface area contributed by atoms with E-state index in [0.717, 1.165) is 6.08 Å². The summed E-state index contributed by atoms with van der Waals surface area (Å²) in [7, 11) is 0. The number of allylic oxidation sites excluding steroid dienone is 1. The Labute approximate surface area is 106 Å². The molecule has 0 aromatic carbocycles. The molecule has 0 aromatic rings. The molecule has 1 N–H and O–H groups in total. The first-order chi connectivity index (χ1) is 7.97. The van der Waals surface area contributed by atoms with Gasteiger partial charge in [0.25, 0.3) is 0 Å². The number of rotatable bonds is 3. The molecule has 1 fully saturated rings. The van der Waals surface area contributed by atoms with Gasteiger partial charge in [0.15, 0.2) is 0 Å². The number of hydrogen-bond donors (Lipinski definition) is 1. The first-order valence-corrected chi connectivity index (χ1v) is 5.80. The highest BCUT2D eigenvalue weighted by Gasteiger charge is 2.61. The lowest BCUT2D eigenvalue weighted by atomic mass is 10.1. The Hall–Kier alpha value is -1.39. The zero-order valence-electron chi connectivity index (χ0n) is 11.3. The summed E-state index contributed by atoms with van der Waals surface area (Å²) in [4.78, 5) is 22.3. The first-order valence-electron chi connectivity index (χ1n) is 5.80. The topological polar surface area (TPSA) is 63.6 Å². The summed E-state index contributed by atoms with van der Waals surface area (Å²) in [6.45, 7) is 8.38. The van der Waals surface area contributed by atoms with Crippen LogP contribution in [0, 0.1) is 17.3 Å². The van der Waals surface area contributed by atoms with Crippen molar-refractivity contribution in [2.75, 3.05) is 0 Å². The molecule has 0 amide bonds. The van der Waals surface area contributed by atoms with Crippen molar-refractivity contribution in [3.05, 3.63) is 11.9 Å². The summed E-state index contributed by atoms with van der Waals surface area (Å²) in [5, 5.41) is 8.93. The van der Waals surface area contributed by atoms with Crippen LogP contribution in [-0.2, 0) is 14.3 Å². The van der Waals surface area contributed by atoms with Crippen LogP contribution in [0.3, 0.4) is 0 Å². The van der Waals surface area contributed by atoms with E-state index >= 15 is 0 Å². The molecular weight excluding hydrogens is 239 g/mol. The van der Waals surface area contributed by atoms with Crippen molar-refractivity contribution in [2.24, 2.45) is 17.3 Å². The lowest BCUT2D eigenvalue weighted by Crippen LogP contribution is -2.24. The molecule has 102 valence electrons. The van der Waals surface area contributed by atoms with E-state index in [1.165, 1.54) is 0 Å². The van der Waals surface area contributed by atoms with E-state index < -0.39 is 40.6 Å². The van der Waals surface area contributed by atoms with E-state index in [4.69, 9.17) is 9.84 Å². The van der Waals surface area contributed by atoms with Crippen molar-refractivity contribution < 1.29 is 23.8 Å². The van der Waals surface area contributed by atoms with Crippen LogP contribution in [0.5, 0.6) is 0 Å². The minimum atomic E-state index is -1.05. The number of esters is 1. The monoisotopic (exact) mass is 258 g/mol. The number of carbonyl (C=O) groups excluding carboxylic acids is 1. The number of hydrogen-bond acceptors (Lipinski definition) is 3. The zero-order valence-corrected chi connectivity index (χ0v) is 11.3. The highest BCUT2D eigenvalue weighted by molar-refractivity contribution is 5.87. The zero-order chi connectivity index (χ0) is 14.3. The van der Waals surface area contributed by atoms with Crippen molar-refractivity contribution in [1.82, 2.24) is 0 Å². The molecule has 1 saturated carbocycles. The van der Waals surface area contributed by atoms with Gasteiger partial charge < -0.3 is 9.84 Å². The van der Waals surface area contributed by atoms with Crippen LogP contribution in [0.25, 0.3) is 0 Å². The van der Waals surface area contributed by atoms with Gasteiger partial charge >= 0.3 is 11.9 Å². The number of aliphatic carboxylic acids is 1. The number of ether oxygens (including phenoxy) is 1. The van der Waals surface area contributed by atoms with Crippen LogP contribution >= 0.6 is 0 Å². The highest BCUT2D eigenvalue weighted by Crippen LogP contribution is 2.59. The van der Waals surface area contributed by atoms with E-state index in [-0.39, 0.29) is 0 Å². The van der Waals surface area contributed by atoms with E-state index in [2.05, 4.69) is 0 Å². The third kappa shape index (κ3) is 3.09. The summed E-state index contributed by atoms with van der Waals surface area (Å²) >= 11 is 0. The average Bonchev–Trinajstić information content (AvgIpc) is 2.64. The molecule has 0 saturated heterocycles. The SMILES string of the molecule is CC(C)(C)OC(=O)/C(F)=C\[C@H]1[C@@H](C(=O)O)C1(C)C. The summed E-state index contributed by atoms with van der Waals surface area (Å²) in [5.74, 6) is -4.16. The van der Waals surface area contributed by atoms with E-state index in [0.29, 0.717) is 0 Å². The third-order valence-corrected chi connectivity index (χ3v) is 3.10. The van der Waals surface area contributed by atoms with E-state index in [9.17, 15) is 14.0 Å². The van der Waals surface area contributed by atoms with Crippen molar-refractivity contribution in [3.63, 3.8) is 0 Å². The molecule has 1 aliphatic rings. The van der Waals surface area contributed by atoms with Gasteiger partial charge in [0.2, 0.25) is 5.83 Å². The lowest BCUT2D eigenvalue weighted by molar-refractivity contribution is -0.151. The molecule has 4 nitrogen and oxygen atoms in total. The van der Waals surface area contributed by atoms with Crippen molar-refractivity contribution >= 4 is 11.9 Å². The van der Waals surface area contributed by atoms with Gasteiger partial charge in [0.1, 0.15) is 5.60 Å². The molecule has 1 aliphatic carbocycles. The van der Waals surface area contributed by atoms with Gasteiger partial charge in [-0.15, -0.1) is 0 Å². The van der Waals surface area contributed by atoms with Crippen molar-refractivity contribution in [2.45, 2.75) is 40.2 Å². The Kier molecular flexibility index (Phi) is 3.56. The standard InChI is InChI=1S/C13H19FO4/c1-12(2,3)18-11(17)8(14)6-7-9(10(15)16)13(7,4)5/h6-7,9H,1-5H3,(H,15,16)/b8-6+/t7-,9-/m0/s1. The van der Waals surface area contributed by atoms with Crippen molar-refractivity contribution in [3.8, 4) is 0 Å². The average molecular weight is 258 g/mol. The second-order valence-electron chi connectivity index (χ2n) is 6.18. The minimum absolute atomic E-state index is 0.470. The van der Waals surface area contributed by atoms with Gasteiger partial charge in [-0.1, -0.05) is 13.8 Å². The Bertz CT molecular complexity index is 404. The fourth-order valence-electron chi connectivity index (χ4n) is 2.01. The van der Waals surface area contributed by atoms with Crippen LogP contribution in [0.2, 0.25) is 0 Å². The predicted molar refractivity (Wildman–Crippen MR) is 63.4 cm³/mol. The molecule has 1 rings (SSSR count). The number of carboxylic acid groups (broad SMARTS) is 1. The quantitative estimate of drug-likeness (QED) is 0.624. The molecule has 0 aliphatic heterocycles. The maximum absolute atomic E-state index is 13.6. The molecule has 2 atom stereocenters. The van der Waals surface area contributed by atoms with Gasteiger partial charge in [0.05, 0.1) is 5.92 Å². The Balaban J connectivity index is 2.74. The van der Waals surface area contributed by atoms with Crippen molar-refractivity contribution in [1.29, 1.82) is 0 Å². The minimum Gasteiger partial charge on any atom is -0.481 e. The molecule has 18 heavy (non-hydrogen) atoms. The van der Waals surface area contributed by atoms with Crippen LogP contribution in [-0.4, -0.2) is 22.6 Å². The molecule has 5 heteroatoms. The van der Waals surface area contributed by atoms with Crippen LogP contribution in [0.4, 0.5) is 4.39 Å². The van der Waals surface area contributed by atoms with Gasteiger partial charge in [-0.25, -0.2) is 4.79 Å². The second kappa shape index (κ2) is 4.37. The van der Waals surface area contributed by atoms with E-state index in [1.807, 2.05) is 0 Å². The smallest absolute Gasteiger partial charge is 0.367 e. The maximum atomic E-state index is 13.6. The number of halogens is 1. The van der Waals surface area contributed by atoms with Gasteiger partial charge in [-0.2, -0.15) is 4.39 Å². The highest BCUT2D eigenvalue weighted by atomic mass is 19.1. The number of carboxylic acids is 1. The molecule has 0 bridgehead atoms. The summed E-state index contributed by atoms with van der Waals surface area (Å²) < 4.78 is 18.5. The fourth-order valence-corrected chi connectivity index (χ4v) is 2.01. The predicted octanol–water partition coefficient (Wildman–Crippen LogP) is 2.54. The summed E-state index contributed by atoms with van der Waals surface area (Å²) in [5.41, 5.74) is -1.29. The van der Waals surface area contributed by atoms with Crippen LogP contribution in [0.15, 0.2) is 11.9 Å². The Morgan fingerprint density at radius 1 is 1.33 bits per heavy atom. The second-order valence-corrected chi connectivity index (χ2v) is 6.18. The molecule has 0 spiro atoms.